The standard InChI is InChI=1S/C34H42N4O2/c1-36(34(40)30-13-11-26(12-14-30)25-38-21-17-29(18-22-38)33(35)39)23-24-37-19-15-28(16-20-37)32-10-6-5-9-31(32)27-7-3-2-4-8-27/h2-14,28-29H,15-25H2,1H3,(H2,35,39). The molecule has 0 spiro atoms. The Morgan fingerprint density at radius 3 is 2.10 bits per heavy atom. The summed E-state index contributed by atoms with van der Waals surface area (Å²) in [4.78, 5) is 31.2. The van der Waals surface area contributed by atoms with Crippen LogP contribution in [0.25, 0.3) is 11.1 Å². The number of carbonyl (C=O) groups is 2. The van der Waals surface area contributed by atoms with Crippen molar-refractivity contribution in [2.75, 3.05) is 46.3 Å². The van der Waals surface area contributed by atoms with Gasteiger partial charge in [0.15, 0.2) is 0 Å². The third-order valence-electron chi connectivity index (χ3n) is 8.77. The summed E-state index contributed by atoms with van der Waals surface area (Å²) in [6, 6.07) is 27.5. The molecule has 3 aromatic rings. The van der Waals surface area contributed by atoms with Crippen LogP contribution in [0.1, 0.15) is 53.1 Å². The van der Waals surface area contributed by atoms with Crippen molar-refractivity contribution in [3.8, 4) is 11.1 Å². The summed E-state index contributed by atoms with van der Waals surface area (Å²) in [5.74, 6) is 0.468. The van der Waals surface area contributed by atoms with E-state index in [1.165, 1.54) is 22.3 Å². The van der Waals surface area contributed by atoms with Crippen LogP contribution in [0.5, 0.6) is 0 Å². The van der Waals surface area contributed by atoms with Crippen molar-refractivity contribution < 1.29 is 9.59 Å². The monoisotopic (exact) mass is 538 g/mol. The minimum atomic E-state index is -0.180. The average Bonchev–Trinajstić information content (AvgIpc) is 3.01. The van der Waals surface area contributed by atoms with Crippen LogP contribution in [-0.2, 0) is 11.3 Å². The van der Waals surface area contributed by atoms with Crippen molar-refractivity contribution in [1.29, 1.82) is 0 Å². The number of piperidine rings is 2. The zero-order valence-corrected chi connectivity index (χ0v) is 23.7. The molecule has 0 saturated carbocycles. The van der Waals surface area contributed by atoms with Crippen molar-refractivity contribution in [1.82, 2.24) is 14.7 Å². The highest BCUT2D eigenvalue weighted by Crippen LogP contribution is 2.35. The molecule has 2 saturated heterocycles. The zero-order chi connectivity index (χ0) is 27.9. The largest absolute Gasteiger partial charge is 0.369 e. The molecule has 2 heterocycles. The first-order chi connectivity index (χ1) is 19.5. The normalized spacial score (nSPS) is 17.5. The maximum Gasteiger partial charge on any atom is 0.253 e. The molecule has 2 aliphatic heterocycles. The van der Waals surface area contributed by atoms with Crippen LogP contribution in [-0.4, -0.2) is 72.8 Å². The van der Waals surface area contributed by atoms with E-state index in [-0.39, 0.29) is 17.7 Å². The van der Waals surface area contributed by atoms with Crippen LogP contribution in [0.3, 0.4) is 0 Å². The molecule has 6 heteroatoms. The molecule has 0 atom stereocenters. The molecule has 0 bridgehead atoms. The number of likely N-dealkylation sites (N-methyl/N-ethyl adjacent to an activating group) is 1. The Morgan fingerprint density at radius 1 is 0.800 bits per heavy atom. The second kappa shape index (κ2) is 13.2. The van der Waals surface area contributed by atoms with Crippen molar-refractivity contribution >= 4 is 11.8 Å². The minimum absolute atomic E-state index is 0.00880. The number of rotatable bonds is 9. The van der Waals surface area contributed by atoms with E-state index in [2.05, 4.69) is 76.5 Å². The number of amides is 2. The molecule has 0 aromatic heterocycles. The van der Waals surface area contributed by atoms with Gasteiger partial charge in [-0.15, -0.1) is 0 Å². The van der Waals surface area contributed by atoms with E-state index in [0.29, 0.717) is 5.92 Å². The van der Waals surface area contributed by atoms with Gasteiger partial charge in [-0.2, -0.15) is 0 Å². The molecule has 5 rings (SSSR count). The summed E-state index contributed by atoms with van der Waals surface area (Å²) in [5, 5.41) is 0. The van der Waals surface area contributed by atoms with Crippen LogP contribution < -0.4 is 5.73 Å². The number of nitrogens with two attached hydrogens (primary N) is 1. The summed E-state index contributed by atoms with van der Waals surface area (Å²) < 4.78 is 0. The maximum absolute atomic E-state index is 13.1. The van der Waals surface area contributed by atoms with Gasteiger partial charge in [0.2, 0.25) is 5.91 Å². The minimum Gasteiger partial charge on any atom is -0.369 e. The topological polar surface area (TPSA) is 69.9 Å². The lowest BCUT2D eigenvalue weighted by atomic mass is 9.84. The molecule has 0 radical (unpaired) electrons. The van der Waals surface area contributed by atoms with Gasteiger partial charge in [-0.1, -0.05) is 66.7 Å². The number of carbonyl (C=O) groups excluding carboxylic acids is 2. The lowest BCUT2D eigenvalue weighted by Crippen LogP contribution is -2.40. The Balaban J connectivity index is 1.07. The molecule has 2 N–H and O–H groups in total. The van der Waals surface area contributed by atoms with E-state index in [4.69, 9.17) is 5.73 Å². The van der Waals surface area contributed by atoms with Gasteiger partial charge < -0.3 is 15.5 Å². The molecule has 6 nitrogen and oxygen atoms in total. The highest BCUT2D eigenvalue weighted by atomic mass is 16.2. The first-order valence-corrected chi connectivity index (χ1v) is 14.7. The molecule has 210 valence electrons. The van der Waals surface area contributed by atoms with Crippen LogP contribution in [0.15, 0.2) is 78.9 Å². The fourth-order valence-electron chi connectivity index (χ4n) is 6.20. The summed E-state index contributed by atoms with van der Waals surface area (Å²) >= 11 is 0. The quantitative estimate of drug-likeness (QED) is 0.416. The highest BCUT2D eigenvalue weighted by Gasteiger charge is 2.24. The maximum atomic E-state index is 13.1. The SMILES string of the molecule is CN(CCN1CCC(c2ccccc2-c2ccccc2)CC1)C(=O)c1ccc(CN2CCC(C(N)=O)CC2)cc1. The van der Waals surface area contributed by atoms with Crippen LogP contribution in [0, 0.1) is 5.92 Å². The predicted molar refractivity (Wildman–Crippen MR) is 161 cm³/mol. The van der Waals surface area contributed by atoms with Gasteiger partial charge in [-0.25, -0.2) is 0 Å². The molecule has 2 fully saturated rings. The van der Waals surface area contributed by atoms with Crippen LogP contribution in [0.2, 0.25) is 0 Å². The van der Waals surface area contributed by atoms with Gasteiger partial charge in [0, 0.05) is 38.2 Å². The summed E-state index contributed by atoms with van der Waals surface area (Å²) in [6.07, 6.45) is 3.94. The number of benzene rings is 3. The van der Waals surface area contributed by atoms with E-state index in [9.17, 15) is 9.59 Å². The average molecular weight is 539 g/mol. The van der Waals surface area contributed by atoms with Crippen molar-refractivity contribution in [3.63, 3.8) is 0 Å². The third-order valence-corrected chi connectivity index (χ3v) is 8.77. The van der Waals surface area contributed by atoms with Crippen molar-refractivity contribution in [3.05, 3.63) is 95.6 Å². The van der Waals surface area contributed by atoms with Crippen LogP contribution >= 0.6 is 0 Å². The zero-order valence-electron chi connectivity index (χ0n) is 23.7. The fraction of sp³-hybridized carbons (Fsp3) is 0.412. The number of likely N-dealkylation sites (tertiary alicyclic amines) is 2. The van der Waals surface area contributed by atoms with Gasteiger partial charge in [-0.05, 0) is 92.2 Å². The number of hydrogen-bond acceptors (Lipinski definition) is 4. The lowest BCUT2D eigenvalue weighted by Gasteiger charge is -2.34. The lowest BCUT2D eigenvalue weighted by molar-refractivity contribution is -0.123. The molecule has 40 heavy (non-hydrogen) atoms. The summed E-state index contributed by atoms with van der Waals surface area (Å²) in [5.41, 5.74) is 11.5. The van der Waals surface area contributed by atoms with E-state index >= 15 is 0 Å². The van der Waals surface area contributed by atoms with Gasteiger partial charge >= 0.3 is 0 Å². The molecule has 3 aromatic carbocycles. The third kappa shape index (κ3) is 6.98. The first kappa shape index (κ1) is 28.1. The van der Waals surface area contributed by atoms with Gasteiger partial charge in [0.05, 0.1) is 0 Å². The molecular formula is C34H42N4O2. The molecule has 0 aliphatic carbocycles. The number of nitrogens with zero attached hydrogens (tertiary/aromatic N) is 3. The Labute approximate surface area is 238 Å². The Hall–Kier alpha value is -3.48. The molecule has 0 unspecified atom stereocenters. The van der Waals surface area contributed by atoms with Crippen molar-refractivity contribution in [2.45, 2.75) is 38.1 Å². The van der Waals surface area contributed by atoms with Gasteiger partial charge in [-0.3, -0.25) is 14.5 Å². The molecular weight excluding hydrogens is 496 g/mol. The number of primary amides is 1. The van der Waals surface area contributed by atoms with Crippen molar-refractivity contribution in [2.24, 2.45) is 11.7 Å². The second-order valence-corrected chi connectivity index (χ2v) is 11.4. The van der Waals surface area contributed by atoms with E-state index in [1.807, 2.05) is 24.1 Å². The predicted octanol–water partition coefficient (Wildman–Crippen LogP) is 5.00. The molecule has 2 amide bonds. The summed E-state index contributed by atoms with van der Waals surface area (Å²) in [7, 11) is 1.90. The van der Waals surface area contributed by atoms with Gasteiger partial charge in [0.1, 0.15) is 0 Å². The highest BCUT2D eigenvalue weighted by molar-refractivity contribution is 5.94. The van der Waals surface area contributed by atoms with E-state index in [1.54, 1.807) is 0 Å². The smallest absolute Gasteiger partial charge is 0.253 e. The summed E-state index contributed by atoms with van der Waals surface area (Å²) in [6.45, 7) is 6.33. The number of hydrogen-bond donors (Lipinski definition) is 1. The van der Waals surface area contributed by atoms with E-state index in [0.717, 1.165) is 77.1 Å². The Bertz CT molecular complexity index is 1260. The van der Waals surface area contributed by atoms with Crippen LogP contribution in [0.4, 0.5) is 0 Å². The van der Waals surface area contributed by atoms with Gasteiger partial charge in [0.25, 0.3) is 5.91 Å². The molecule has 2 aliphatic rings. The Kier molecular flexibility index (Phi) is 9.30. The fourth-order valence-corrected chi connectivity index (χ4v) is 6.20. The Morgan fingerprint density at radius 2 is 1.43 bits per heavy atom. The second-order valence-electron chi connectivity index (χ2n) is 11.4. The van der Waals surface area contributed by atoms with E-state index < -0.39 is 0 Å². The first-order valence-electron chi connectivity index (χ1n) is 14.7.